The molecular formula is C20H22ClNO2. The highest BCUT2D eigenvalue weighted by Gasteiger charge is 2.43. The number of hydrogen-bond acceptors (Lipinski definition) is 2. The van der Waals surface area contributed by atoms with Crippen molar-refractivity contribution in [3.05, 3.63) is 59.1 Å². The van der Waals surface area contributed by atoms with Crippen molar-refractivity contribution in [3.63, 3.8) is 0 Å². The molecule has 1 aliphatic carbocycles. The van der Waals surface area contributed by atoms with Gasteiger partial charge in [0, 0.05) is 10.7 Å². The Labute approximate surface area is 148 Å². The zero-order chi connectivity index (χ0) is 17.0. The topological polar surface area (TPSA) is 38.3 Å². The Hall–Kier alpha value is -2.00. The third-order valence-electron chi connectivity index (χ3n) is 4.70. The number of hydrogen-bond donors (Lipinski definition) is 1. The molecule has 3 rings (SSSR count). The summed E-state index contributed by atoms with van der Waals surface area (Å²) in [5.74, 6) is 0.828. The number of rotatable bonds is 5. The zero-order valence-corrected chi connectivity index (χ0v) is 14.6. The number of carbonyl (C=O) groups excluding carboxylic acids is 1. The molecule has 0 spiro atoms. The molecule has 1 amide bonds. The van der Waals surface area contributed by atoms with Crippen molar-refractivity contribution in [2.24, 2.45) is 0 Å². The Kier molecular flexibility index (Phi) is 5.10. The minimum absolute atomic E-state index is 0.0252. The predicted octanol–water partition coefficient (Wildman–Crippen LogP) is 5.19. The molecule has 2 aromatic carbocycles. The van der Waals surface area contributed by atoms with Gasteiger partial charge < -0.3 is 10.1 Å². The van der Waals surface area contributed by atoms with E-state index in [1.165, 1.54) is 0 Å². The number of benzene rings is 2. The van der Waals surface area contributed by atoms with Crippen LogP contribution in [-0.4, -0.2) is 12.5 Å². The molecule has 2 aromatic rings. The van der Waals surface area contributed by atoms with E-state index < -0.39 is 5.41 Å². The first-order valence-electron chi connectivity index (χ1n) is 8.45. The van der Waals surface area contributed by atoms with E-state index in [-0.39, 0.29) is 5.91 Å². The van der Waals surface area contributed by atoms with Gasteiger partial charge in [-0.2, -0.15) is 0 Å². The van der Waals surface area contributed by atoms with Crippen LogP contribution in [-0.2, 0) is 10.2 Å². The average Bonchev–Trinajstić information content (AvgIpc) is 3.08. The van der Waals surface area contributed by atoms with Crippen LogP contribution in [0.15, 0.2) is 48.5 Å². The van der Waals surface area contributed by atoms with Crippen LogP contribution in [0.2, 0.25) is 5.02 Å². The number of amides is 1. The van der Waals surface area contributed by atoms with Crippen LogP contribution in [0.1, 0.15) is 38.2 Å². The maximum Gasteiger partial charge on any atom is 0.235 e. The molecule has 0 aliphatic heterocycles. The normalized spacial score (nSPS) is 15.9. The van der Waals surface area contributed by atoms with Crippen molar-refractivity contribution in [2.75, 3.05) is 11.9 Å². The molecular weight excluding hydrogens is 322 g/mol. The van der Waals surface area contributed by atoms with Crippen LogP contribution in [0.4, 0.5) is 5.69 Å². The van der Waals surface area contributed by atoms with Gasteiger partial charge in [-0.15, -0.1) is 0 Å². The molecule has 1 aliphatic rings. The minimum Gasteiger partial charge on any atom is -0.494 e. The van der Waals surface area contributed by atoms with Gasteiger partial charge in [-0.25, -0.2) is 0 Å². The highest BCUT2D eigenvalue weighted by molar-refractivity contribution is 6.31. The smallest absolute Gasteiger partial charge is 0.235 e. The van der Waals surface area contributed by atoms with Gasteiger partial charge in [0.15, 0.2) is 0 Å². The molecule has 0 radical (unpaired) electrons. The van der Waals surface area contributed by atoms with Crippen LogP contribution >= 0.6 is 11.6 Å². The summed E-state index contributed by atoms with van der Waals surface area (Å²) in [7, 11) is 0. The lowest BCUT2D eigenvalue weighted by Crippen LogP contribution is -2.38. The molecule has 0 aromatic heterocycles. The maximum atomic E-state index is 13.1. The monoisotopic (exact) mass is 343 g/mol. The van der Waals surface area contributed by atoms with Gasteiger partial charge in [0.2, 0.25) is 5.91 Å². The van der Waals surface area contributed by atoms with Crippen molar-refractivity contribution in [1.82, 2.24) is 0 Å². The van der Waals surface area contributed by atoms with E-state index in [0.717, 1.165) is 42.7 Å². The van der Waals surface area contributed by atoms with E-state index in [1.54, 1.807) is 0 Å². The largest absolute Gasteiger partial charge is 0.494 e. The summed E-state index contributed by atoms with van der Waals surface area (Å²) in [5, 5.41) is 3.73. The second kappa shape index (κ2) is 7.27. The van der Waals surface area contributed by atoms with Crippen molar-refractivity contribution in [2.45, 2.75) is 38.0 Å². The second-order valence-electron chi connectivity index (χ2n) is 6.18. The highest BCUT2D eigenvalue weighted by atomic mass is 35.5. The van der Waals surface area contributed by atoms with Crippen molar-refractivity contribution >= 4 is 23.2 Å². The molecule has 126 valence electrons. The average molecular weight is 344 g/mol. The quantitative estimate of drug-likeness (QED) is 0.811. The summed E-state index contributed by atoms with van der Waals surface area (Å²) in [6.07, 6.45) is 3.75. The van der Waals surface area contributed by atoms with Crippen molar-refractivity contribution in [1.29, 1.82) is 0 Å². The van der Waals surface area contributed by atoms with Crippen LogP contribution in [0.3, 0.4) is 0 Å². The summed E-state index contributed by atoms with van der Waals surface area (Å²) in [5.41, 5.74) is 1.19. The number of anilines is 1. The molecule has 0 atom stereocenters. The van der Waals surface area contributed by atoms with Gasteiger partial charge in [0.05, 0.1) is 12.0 Å². The number of nitrogens with one attached hydrogen (secondary N) is 1. The second-order valence-corrected chi connectivity index (χ2v) is 6.59. The Morgan fingerprint density at radius 2 is 1.79 bits per heavy atom. The van der Waals surface area contributed by atoms with E-state index >= 15 is 0 Å². The Morgan fingerprint density at radius 3 is 2.42 bits per heavy atom. The fourth-order valence-corrected chi connectivity index (χ4v) is 3.82. The van der Waals surface area contributed by atoms with E-state index in [4.69, 9.17) is 16.3 Å². The van der Waals surface area contributed by atoms with Crippen molar-refractivity contribution < 1.29 is 9.53 Å². The van der Waals surface area contributed by atoms with E-state index in [1.807, 2.05) is 55.5 Å². The molecule has 0 saturated heterocycles. The molecule has 1 saturated carbocycles. The van der Waals surface area contributed by atoms with Gasteiger partial charge in [-0.3, -0.25) is 4.79 Å². The summed E-state index contributed by atoms with van der Waals surface area (Å²) >= 11 is 6.40. The van der Waals surface area contributed by atoms with Crippen LogP contribution in [0, 0.1) is 0 Å². The third kappa shape index (κ3) is 3.27. The lowest BCUT2D eigenvalue weighted by molar-refractivity contribution is -0.121. The molecule has 3 nitrogen and oxygen atoms in total. The van der Waals surface area contributed by atoms with E-state index in [0.29, 0.717) is 11.6 Å². The van der Waals surface area contributed by atoms with Crippen LogP contribution in [0.25, 0.3) is 0 Å². The third-order valence-corrected chi connectivity index (χ3v) is 5.03. The number of carbonyl (C=O) groups is 1. The van der Waals surface area contributed by atoms with Gasteiger partial charge in [0.25, 0.3) is 0 Å². The molecule has 0 heterocycles. The first kappa shape index (κ1) is 16.8. The fraction of sp³-hybridized carbons (Fsp3) is 0.350. The number of ether oxygens (including phenoxy) is 1. The van der Waals surface area contributed by atoms with Crippen molar-refractivity contribution in [3.8, 4) is 5.75 Å². The summed E-state index contributed by atoms with van der Waals surface area (Å²) in [6, 6.07) is 15.2. The number of halogens is 1. The molecule has 24 heavy (non-hydrogen) atoms. The van der Waals surface area contributed by atoms with Gasteiger partial charge in [0.1, 0.15) is 5.75 Å². The maximum absolute atomic E-state index is 13.1. The van der Waals surface area contributed by atoms with Crippen LogP contribution < -0.4 is 10.1 Å². The SMILES string of the molecule is CCOc1ccc(NC(=O)C2(c3ccccc3Cl)CCCC2)cc1. The Morgan fingerprint density at radius 1 is 1.12 bits per heavy atom. The lowest BCUT2D eigenvalue weighted by atomic mass is 9.78. The van der Waals surface area contributed by atoms with Gasteiger partial charge in [-0.05, 0) is 55.7 Å². The molecule has 0 bridgehead atoms. The Bertz CT molecular complexity index is 706. The molecule has 1 N–H and O–H groups in total. The zero-order valence-electron chi connectivity index (χ0n) is 13.8. The first-order chi connectivity index (χ1) is 11.7. The minimum atomic E-state index is -0.531. The predicted molar refractivity (Wildman–Crippen MR) is 97.8 cm³/mol. The lowest BCUT2D eigenvalue weighted by Gasteiger charge is -2.29. The van der Waals surface area contributed by atoms with E-state index in [9.17, 15) is 4.79 Å². The molecule has 1 fully saturated rings. The highest BCUT2D eigenvalue weighted by Crippen LogP contribution is 2.44. The first-order valence-corrected chi connectivity index (χ1v) is 8.83. The summed E-state index contributed by atoms with van der Waals surface area (Å²) in [4.78, 5) is 13.1. The summed E-state index contributed by atoms with van der Waals surface area (Å²) < 4.78 is 5.44. The fourth-order valence-electron chi connectivity index (χ4n) is 3.50. The van der Waals surface area contributed by atoms with Gasteiger partial charge in [-0.1, -0.05) is 42.6 Å². The Balaban J connectivity index is 1.84. The van der Waals surface area contributed by atoms with E-state index in [2.05, 4.69) is 5.32 Å². The van der Waals surface area contributed by atoms with Crippen LogP contribution in [0.5, 0.6) is 5.75 Å². The standard InChI is InChI=1S/C20H22ClNO2/c1-2-24-16-11-9-15(10-12-16)22-19(23)20(13-5-6-14-20)17-7-3-4-8-18(17)21/h3-4,7-12H,2,5-6,13-14H2,1H3,(H,22,23). The summed E-state index contributed by atoms with van der Waals surface area (Å²) in [6.45, 7) is 2.57. The van der Waals surface area contributed by atoms with Gasteiger partial charge >= 0.3 is 0 Å². The molecule has 0 unspecified atom stereocenters. The molecule has 4 heteroatoms.